The number of hydrogen-bond acceptors (Lipinski definition) is 3. The number of carboxylic acid groups (broad SMARTS) is 1. The highest BCUT2D eigenvalue weighted by Crippen LogP contribution is 2.41. The van der Waals surface area contributed by atoms with E-state index >= 15 is 0 Å². The number of benzene rings is 3. The number of nitrogens with one attached hydrogen (secondary N) is 2. The van der Waals surface area contributed by atoms with Gasteiger partial charge in [0.05, 0.1) is 11.4 Å². The molecule has 1 atom stereocenters. The van der Waals surface area contributed by atoms with Crippen LogP contribution < -0.4 is 5.73 Å². The van der Waals surface area contributed by atoms with Gasteiger partial charge in [0.2, 0.25) is 5.91 Å². The molecule has 0 bridgehead atoms. The molecule has 0 aliphatic carbocycles. The van der Waals surface area contributed by atoms with Gasteiger partial charge in [0, 0.05) is 27.5 Å². The Morgan fingerprint density at radius 3 is 2.40 bits per heavy atom. The Labute approximate surface area is 199 Å². The van der Waals surface area contributed by atoms with Gasteiger partial charge in [0.15, 0.2) is 0 Å². The number of aromatic hydroxyl groups is 1. The Morgan fingerprint density at radius 1 is 0.971 bits per heavy atom. The highest BCUT2D eigenvalue weighted by atomic mass is 19.1. The van der Waals surface area contributed by atoms with Crippen LogP contribution in [0, 0.1) is 19.7 Å². The van der Waals surface area contributed by atoms with E-state index in [4.69, 9.17) is 5.73 Å². The molecule has 0 radical (unpaired) electrons. The summed E-state index contributed by atoms with van der Waals surface area (Å²) in [6.45, 7) is 3.50. The summed E-state index contributed by atoms with van der Waals surface area (Å²) in [4.78, 5) is 31.2. The summed E-state index contributed by atoms with van der Waals surface area (Å²) < 4.78 is 14.6. The first-order chi connectivity index (χ1) is 16.7. The minimum Gasteiger partial charge on any atom is -0.508 e. The fourth-order valence-corrected chi connectivity index (χ4v) is 4.93. The summed E-state index contributed by atoms with van der Waals surface area (Å²) in [6.07, 6.45) is 0. The van der Waals surface area contributed by atoms with Gasteiger partial charge in [-0.2, -0.15) is 0 Å². The van der Waals surface area contributed by atoms with Gasteiger partial charge in [0.25, 0.3) is 0 Å². The molecule has 2 aromatic heterocycles. The summed E-state index contributed by atoms with van der Waals surface area (Å²) in [5.41, 5.74) is 9.81. The number of primary amides is 1. The third-order valence-electron chi connectivity index (χ3n) is 6.44. The maximum absolute atomic E-state index is 14.6. The predicted molar refractivity (Wildman–Crippen MR) is 131 cm³/mol. The summed E-state index contributed by atoms with van der Waals surface area (Å²) in [5.74, 6) is -3.56. The first-order valence-electron chi connectivity index (χ1n) is 10.9. The number of aryl methyl sites for hydroxylation is 2. The highest BCUT2D eigenvalue weighted by Gasteiger charge is 2.33. The number of hydrogen-bond donors (Lipinski definition) is 5. The molecule has 0 aliphatic rings. The molecule has 3 aromatic carbocycles. The molecule has 0 fully saturated rings. The van der Waals surface area contributed by atoms with Crippen molar-refractivity contribution in [1.82, 2.24) is 9.97 Å². The lowest BCUT2D eigenvalue weighted by atomic mass is 9.85. The molecule has 0 aliphatic heterocycles. The van der Waals surface area contributed by atoms with Crippen molar-refractivity contribution >= 4 is 33.7 Å². The molecule has 5 rings (SSSR count). The largest absolute Gasteiger partial charge is 0.508 e. The van der Waals surface area contributed by atoms with E-state index in [0.717, 1.165) is 5.56 Å². The number of phenolic OH excluding ortho intramolecular Hbond substituents is 1. The van der Waals surface area contributed by atoms with Gasteiger partial charge in [-0.25, -0.2) is 9.18 Å². The van der Waals surface area contributed by atoms with Gasteiger partial charge in [-0.3, -0.25) is 4.79 Å². The second-order valence-corrected chi connectivity index (χ2v) is 8.64. The SMILES string of the molecule is Cc1[nH]c2c(F)ccc(C)c2c1C(C(N)=O)c1c(C(=O)O)[nH]c2ccc(-c3cccc(O)c3)cc12. The van der Waals surface area contributed by atoms with E-state index in [1.165, 1.54) is 6.07 Å². The van der Waals surface area contributed by atoms with Crippen LogP contribution in [0.4, 0.5) is 4.39 Å². The molecule has 0 saturated carbocycles. The maximum atomic E-state index is 14.6. The van der Waals surface area contributed by atoms with Crippen molar-refractivity contribution in [2.24, 2.45) is 5.73 Å². The average molecular weight is 471 g/mol. The van der Waals surface area contributed by atoms with Crippen LogP contribution in [0.3, 0.4) is 0 Å². The quantitative estimate of drug-likeness (QED) is 0.244. The Balaban J connectivity index is 1.85. The molecule has 7 nitrogen and oxygen atoms in total. The topological polar surface area (TPSA) is 132 Å². The molecule has 0 saturated heterocycles. The first-order valence-corrected chi connectivity index (χ1v) is 10.9. The molecular formula is C27H22FN3O4. The van der Waals surface area contributed by atoms with E-state index in [9.17, 15) is 24.2 Å². The third kappa shape index (κ3) is 3.50. The fraction of sp³-hybridized carbons (Fsp3) is 0.111. The zero-order valence-corrected chi connectivity index (χ0v) is 18.9. The number of carboxylic acids is 1. The van der Waals surface area contributed by atoms with Crippen LogP contribution in [-0.4, -0.2) is 32.1 Å². The van der Waals surface area contributed by atoms with Crippen LogP contribution in [0.15, 0.2) is 54.6 Å². The van der Waals surface area contributed by atoms with E-state index in [0.29, 0.717) is 38.7 Å². The summed E-state index contributed by atoms with van der Waals surface area (Å²) in [6, 6.07) is 14.9. The number of rotatable bonds is 5. The molecule has 6 N–H and O–H groups in total. The van der Waals surface area contributed by atoms with Crippen LogP contribution in [0.1, 0.15) is 38.8 Å². The van der Waals surface area contributed by atoms with E-state index in [2.05, 4.69) is 9.97 Å². The standard InChI is InChI=1S/C27H22FN3O4/c1-12-6-8-18(28)24-20(12)21(13(2)30-24)23(26(29)33)22-17-11-15(14-4-3-5-16(32)10-14)7-9-19(17)31-25(22)27(34)35/h3-11,23,30-32H,1-2H3,(H2,29,33)(H,34,35). The molecule has 5 aromatic rings. The first kappa shape index (κ1) is 22.2. The van der Waals surface area contributed by atoms with Crippen molar-refractivity contribution in [1.29, 1.82) is 0 Å². The van der Waals surface area contributed by atoms with Crippen molar-refractivity contribution in [2.45, 2.75) is 19.8 Å². The number of phenols is 1. The third-order valence-corrected chi connectivity index (χ3v) is 6.44. The maximum Gasteiger partial charge on any atom is 0.352 e. The van der Waals surface area contributed by atoms with Crippen molar-refractivity contribution < 1.29 is 24.2 Å². The summed E-state index contributed by atoms with van der Waals surface area (Å²) >= 11 is 0. The minimum atomic E-state index is -1.25. The number of amides is 1. The van der Waals surface area contributed by atoms with E-state index in [1.54, 1.807) is 56.3 Å². The number of carbonyl (C=O) groups excluding carboxylic acids is 1. The van der Waals surface area contributed by atoms with E-state index < -0.39 is 23.6 Å². The predicted octanol–water partition coefficient (Wildman–Crippen LogP) is 5.09. The van der Waals surface area contributed by atoms with Crippen LogP contribution in [-0.2, 0) is 4.79 Å². The number of halogens is 1. The monoisotopic (exact) mass is 471 g/mol. The molecular weight excluding hydrogens is 449 g/mol. The average Bonchev–Trinajstić information content (AvgIpc) is 3.36. The lowest BCUT2D eigenvalue weighted by Gasteiger charge is -2.17. The molecule has 176 valence electrons. The van der Waals surface area contributed by atoms with Crippen LogP contribution in [0.25, 0.3) is 32.9 Å². The summed E-state index contributed by atoms with van der Waals surface area (Å²) in [5, 5.41) is 20.9. The van der Waals surface area contributed by atoms with Gasteiger partial charge in [-0.05, 0) is 66.4 Å². The smallest absolute Gasteiger partial charge is 0.352 e. The number of H-pyrrole nitrogens is 2. The summed E-state index contributed by atoms with van der Waals surface area (Å²) in [7, 11) is 0. The van der Waals surface area contributed by atoms with Crippen LogP contribution in [0.5, 0.6) is 5.75 Å². The number of aromatic amines is 2. The van der Waals surface area contributed by atoms with Crippen molar-refractivity contribution in [3.63, 3.8) is 0 Å². The second kappa shape index (κ2) is 8.02. The zero-order valence-electron chi connectivity index (χ0n) is 18.9. The Morgan fingerprint density at radius 2 is 1.71 bits per heavy atom. The molecule has 2 heterocycles. The van der Waals surface area contributed by atoms with Gasteiger partial charge in [-0.1, -0.05) is 24.3 Å². The normalized spacial score (nSPS) is 12.3. The van der Waals surface area contributed by atoms with E-state index in [-0.39, 0.29) is 22.5 Å². The molecule has 1 amide bonds. The Bertz CT molecular complexity index is 1660. The molecule has 8 heteroatoms. The van der Waals surface area contributed by atoms with Crippen molar-refractivity contribution in [3.8, 4) is 16.9 Å². The molecule has 1 unspecified atom stereocenters. The number of nitrogens with two attached hydrogens (primary N) is 1. The Hall–Kier alpha value is -4.59. The number of aromatic nitrogens is 2. The Kier molecular flexibility index (Phi) is 5.09. The van der Waals surface area contributed by atoms with Crippen LogP contribution in [0.2, 0.25) is 0 Å². The highest BCUT2D eigenvalue weighted by molar-refractivity contribution is 6.05. The van der Waals surface area contributed by atoms with Gasteiger partial charge in [-0.15, -0.1) is 0 Å². The van der Waals surface area contributed by atoms with Crippen molar-refractivity contribution in [3.05, 3.63) is 88.5 Å². The van der Waals surface area contributed by atoms with Gasteiger partial charge < -0.3 is 25.9 Å². The minimum absolute atomic E-state index is 0.0880. The number of carbonyl (C=O) groups is 2. The number of fused-ring (bicyclic) bond motifs is 2. The lowest BCUT2D eigenvalue weighted by molar-refractivity contribution is -0.118. The molecule has 35 heavy (non-hydrogen) atoms. The van der Waals surface area contributed by atoms with Gasteiger partial charge >= 0.3 is 5.97 Å². The molecule has 0 spiro atoms. The van der Waals surface area contributed by atoms with Crippen LogP contribution >= 0.6 is 0 Å². The zero-order chi connectivity index (χ0) is 25.0. The van der Waals surface area contributed by atoms with Gasteiger partial charge in [0.1, 0.15) is 17.3 Å². The fourth-order valence-electron chi connectivity index (χ4n) is 4.93. The van der Waals surface area contributed by atoms with E-state index in [1.807, 2.05) is 6.07 Å². The second-order valence-electron chi connectivity index (χ2n) is 8.64. The number of aromatic carboxylic acids is 1. The lowest BCUT2D eigenvalue weighted by Crippen LogP contribution is -2.24. The van der Waals surface area contributed by atoms with Crippen molar-refractivity contribution in [2.75, 3.05) is 0 Å².